The first kappa shape index (κ1) is 19.4. The van der Waals surface area contributed by atoms with Gasteiger partial charge in [0.2, 0.25) is 0 Å². The average Bonchev–Trinajstić information content (AvgIpc) is 3.10. The monoisotopic (exact) mass is 413 g/mol. The first-order chi connectivity index (χ1) is 14.6. The number of rotatable bonds is 5. The number of nitriles is 1. The molecule has 0 unspecified atom stereocenters. The first-order valence-electron chi connectivity index (χ1n) is 9.35. The van der Waals surface area contributed by atoms with Crippen molar-refractivity contribution in [1.82, 2.24) is 10.3 Å². The number of benzene rings is 2. The molecule has 0 aliphatic heterocycles. The van der Waals surface area contributed by atoms with E-state index in [1.165, 1.54) is 11.3 Å². The number of hydrogen-bond donors (Lipinski definition) is 3. The molecule has 148 valence electrons. The summed E-state index contributed by atoms with van der Waals surface area (Å²) in [4.78, 5) is 18.1. The van der Waals surface area contributed by atoms with Crippen LogP contribution in [0.15, 0.2) is 66.7 Å². The van der Waals surface area contributed by atoms with Crippen LogP contribution in [0.2, 0.25) is 0 Å². The Labute approximate surface area is 177 Å². The van der Waals surface area contributed by atoms with Gasteiger partial charge in [0.25, 0.3) is 5.91 Å². The topological polar surface area (TPSA) is 118 Å². The Balaban J connectivity index is 1.61. The van der Waals surface area contributed by atoms with Crippen LogP contribution in [0.3, 0.4) is 0 Å². The van der Waals surface area contributed by atoms with E-state index in [1.807, 2.05) is 66.7 Å². The van der Waals surface area contributed by atoms with E-state index in [9.17, 15) is 4.79 Å². The Morgan fingerprint density at radius 3 is 2.23 bits per heavy atom. The number of amides is 1. The van der Waals surface area contributed by atoms with Crippen molar-refractivity contribution in [3.63, 3.8) is 0 Å². The molecule has 0 bridgehead atoms. The van der Waals surface area contributed by atoms with Crippen LogP contribution in [0.25, 0.3) is 10.2 Å². The highest BCUT2D eigenvalue weighted by Crippen LogP contribution is 2.34. The van der Waals surface area contributed by atoms with Crippen LogP contribution in [0.5, 0.6) is 0 Å². The van der Waals surface area contributed by atoms with Gasteiger partial charge in [-0.2, -0.15) is 5.26 Å². The highest BCUT2D eigenvalue weighted by molar-refractivity contribution is 7.21. The lowest BCUT2D eigenvalue weighted by Crippen LogP contribution is -2.28. The van der Waals surface area contributed by atoms with Crippen LogP contribution < -0.4 is 16.8 Å². The van der Waals surface area contributed by atoms with Crippen LogP contribution >= 0.6 is 11.3 Å². The molecule has 7 heteroatoms. The summed E-state index contributed by atoms with van der Waals surface area (Å²) in [6, 6.07) is 23.6. The van der Waals surface area contributed by atoms with Crippen LogP contribution in [0, 0.1) is 11.3 Å². The van der Waals surface area contributed by atoms with Crippen molar-refractivity contribution in [2.45, 2.75) is 5.92 Å². The van der Waals surface area contributed by atoms with Gasteiger partial charge in [-0.25, -0.2) is 4.98 Å². The van der Waals surface area contributed by atoms with Gasteiger partial charge in [0, 0.05) is 17.8 Å². The minimum absolute atomic E-state index is 0.00548. The number of nitrogens with one attached hydrogen (secondary N) is 1. The molecule has 0 atom stereocenters. The molecule has 0 fully saturated rings. The highest BCUT2D eigenvalue weighted by atomic mass is 32.1. The first-order valence-corrected chi connectivity index (χ1v) is 10.2. The summed E-state index contributed by atoms with van der Waals surface area (Å²) < 4.78 is 0. The molecule has 4 rings (SSSR count). The molecule has 2 aromatic heterocycles. The Hall–Kier alpha value is -3.89. The number of carbonyl (C=O) groups excluding carboxylic acids is 1. The Bertz CT molecular complexity index is 1210. The Morgan fingerprint density at radius 2 is 1.67 bits per heavy atom. The maximum Gasteiger partial charge on any atom is 0.263 e. The van der Waals surface area contributed by atoms with Gasteiger partial charge in [0.15, 0.2) is 0 Å². The lowest BCUT2D eigenvalue weighted by Gasteiger charge is -2.18. The van der Waals surface area contributed by atoms with Gasteiger partial charge in [-0.05, 0) is 17.2 Å². The molecular formula is C23H19N5OS. The van der Waals surface area contributed by atoms with Gasteiger partial charge in [0.05, 0.1) is 11.3 Å². The van der Waals surface area contributed by atoms with Gasteiger partial charge >= 0.3 is 0 Å². The molecule has 0 saturated carbocycles. The number of anilines is 2. The van der Waals surface area contributed by atoms with E-state index >= 15 is 0 Å². The van der Waals surface area contributed by atoms with E-state index in [2.05, 4.69) is 10.3 Å². The number of carbonyl (C=O) groups is 1. The third-order valence-corrected chi connectivity index (χ3v) is 6.06. The number of thiophene rings is 1. The number of nitrogens with two attached hydrogens (primary N) is 2. The third-order valence-electron chi connectivity index (χ3n) is 4.95. The second kappa shape index (κ2) is 8.23. The number of hydrogen-bond acceptors (Lipinski definition) is 6. The molecule has 0 aliphatic carbocycles. The zero-order valence-corrected chi connectivity index (χ0v) is 16.8. The standard InChI is InChI=1S/C23H19N5OS/c24-12-16-11-17-19(25)20(30-23(17)28-21(16)26)22(29)27-13-18(14-7-3-1-4-8-14)15-9-5-2-6-10-15/h1-11,18H,13,25H2,(H2,26,28)(H,27,29). The predicted molar refractivity (Wildman–Crippen MR) is 120 cm³/mol. The van der Waals surface area contributed by atoms with E-state index < -0.39 is 0 Å². The van der Waals surface area contributed by atoms with E-state index in [4.69, 9.17) is 16.7 Å². The maximum absolute atomic E-state index is 12.9. The minimum atomic E-state index is -0.274. The number of nitrogens with zero attached hydrogens (tertiary/aromatic N) is 2. The molecule has 0 saturated heterocycles. The molecular weight excluding hydrogens is 394 g/mol. The second-order valence-electron chi connectivity index (χ2n) is 6.81. The van der Waals surface area contributed by atoms with Crippen molar-refractivity contribution >= 4 is 39.0 Å². The second-order valence-corrected chi connectivity index (χ2v) is 7.81. The molecule has 2 heterocycles. The summed E-state index contributed by atoms with van der Waals surface area (Å²) in [5.41, 5.74) is 14.8. The maximum atomic E-state index is 12.9. The highest BCUT2D eigenvalue weighted by Gasteiger charge is 2.21. The normalized spacial score (nSPS) is 10.8. The van der Waals surface area contributed by atoms with E-state index in [1.54, 1.807) is 6.07 Å². The van der Waals surface area contributed by atoms with Gasteiger partial charge in [-0.3, -0.25) is 4.79 Å². The van der Waals surface area contributed by atoms with Crippen molar-refractivity contribution in [2.75, 3.05) is 18.0 Å². The summed E-state index contributed by atoms with van der Waals surface area (Å²) in [5.74, 6) is -0.137. The van der Waals surface area contributed by atoms with Crippen molar-refractivity contribution in [1.29, 1.82) is 5.26 Å². The number of pyridine rings is 1. The van der Waals surface area contributed by atoms with Gasteiger partial charge in [-0.15, -0.1) is 11.3 Å². The molecule has 6 nitrogen and oxygen atoms in total. The van der Waals surface area contributed by atoms with Crippen LogP contribution in [0.1, 0.15) is 32.3 Å². The summed E-state index contributed by atoms with van der Waals surface area (Å²) in [7, 11) is 0. The summed E-state index contributed by atoms with van der Waals surface area (Å²) >= 11 is 1.17. The fraction of sp³-hybridized carbons (Fsp3) is 0.0870. The van der Waals surface area contributed by atoms with Crippen molar-refractivity contribution in [3.05, 3.63) is 88.3 Å². The molecule has 0 spiro atoms. The molecule has 1 amide bonds. The number of fused-ring (bicyclic) bond motifs is 1. The SMILES string of the molecule is N#Cc1cc2c(N)c(C(=O)NCC(c3ccccc3)c3ccccc3)sc2nc1N. The lowest BCUT2D eigenvalue weighted by molar-refractivity contribution is 0.0957. The van der Waals surface area contributed by atoms with Crippen LogP contribution in [0.4, 0.5) is 11.5 Å². The predicted octanol–water partition coefficient (Wildman–Crippen LogP) is 3.89. The van der Waals surface area contributed by atoms with E-state index in [0.29, 0.717) is 27.3 Å². The Morgan fingerprint density at radius 1 is 1.07 bits per heavy atom. The lowest BCUT2D eigenvalue weighted by atomic mass is 9.91. The van der Waals surface area contributed by atoms with E-state index in [0.717, 1.165) is 11.1 Å². The smallest absolute Gasteiger partial charge is 0.263 e. The van der Waals surface area contributed by atoms with Gasteiger partial charge in [-0.1, -0.05) is 60.7 Å². The van der Waals surface area contributed by atoms with Crippen molar-refractivity contribution < 1.29 is 4.79 Å². The van der Waals surface area contributed by atoms with E-state index in [-0.39, 0.29) is 23.2 Å². The zero-order valence-electron chi connectivity index (χ0n) is 16.0. The molecule has 5 N–H and O–H groups in total. The average molecular weight is 414 g/mol. The number of nitrogen functional groups attached to an aromatic ring is 2. The largest absolute Gasteiger partial charge is 0.397 e. The zero-order chi connectivity index (χ0) is 21.1. The quantitative estimate of drug-likeness (QED) is 0.459. The molecule has 0 aliphatic rings. The number of aromatic nitrogens is 1. The van der Waals surface area contributed by atoms with Crippen LogP contribution in [-0.4, -0.2) is 17.4 Å². The molecule has 30 heavy (non-hydrogen) atoms. The van der Waals surface area contributed by atoms with Gasteiger partial charge in [0.1, 0.15) is 21.6 Å². The fourth-order valence-corrected chi connectivity index (χ4v) is 4.39. The summed E-state index contributed by atoms with van der Waals surface area (Å²) in [5, 5.41) is 12.7. The molecule has 4 aromatic rings. The summed E-state index contributed by atoms with van der Waals surface area (Å²) in [6.07, 6.45) is 0. The van der Waals surface area contributed by atoms with Crippen molar-refractivity contribution in [2.24, 2.45) is 0 Å². The summed E-state index contributed by atoms with van der Waals surface area (Å²) in [6.45, 7) is 0.416. The third kappa shape index (κ3) is 3.69. The molecule has 0 radical (unpaired) electrons. The minimum Gasteiger partial charge on any atom is -0.397 e. The van der Waals surface area contributed by atoms with Crippen molar-refractivity contribution in [3.8, 4) is 6.07 Å². The Kier molecular flexibility index (Phi) is 5.33. The van der Waals surface area contributed by atoms with Gasteiger partial charge < -0.3 is 16.8 Å². The fourth-order valence-electron chi connectivity index (χ4n) is 3.39. The van der Waals surface area contributed by atoms with Crippen LogP contribution in [-0.2, 0) is 0 Å². The molecule has 2 aromatic carbocycles.